The monoisotopic (exact) mass is 356 g/mol. The second-order valence-electron chi connectivity index (χ2n) is 7.47. The molecule has 0 bridgehead atoms. The van der Waals surface area contributed by atoms with E-state index in [2.05, 4.69) is 0 Å². The van der Waals surface area contributed by atoms with Crippen LogP contribution in [0, 0.1) is 11.8 Å². The van der Waals surface area contributed by atoms with Gasteiger partial charge in [-0.25, -0.2) is 4.79 Å². The van der Waals surface area contributed by atoms with Crippen molar-refractivity contribution in [2.24, 2.45) is 11.8 Å². The topological polar surface area (TPSA) is 63.6 Å². The van der Waals surface area contributed by atoms with Crippen molar-refractivity contribution in [2.75, 3.05) is 18.9 Å². The molecule has 4 nitrogen and oxygen atoms in total. The molecule has 138 valence electrons. The number of hydrogen-bond donors (Lipinski definition) is 1. The van der Waals surface area contributed by atoms with E-state index >= 15 is 0 Å². The van der Waals surface area contributed by atoms with E-state index in [0.29, 0.717) is 30.2 Å². The van der Waals surface area contributed by atoms with Crippen molar-refractivity contribution < 1.29 is 19.0 Å². The largest absolute Gasteiger partial charge is 0.478 e. The molecule has 0 radical (unpaired) electrons. The Morgan fingerprint density at radius 2 is 1.67 bits per heavy atom. The van der Waals surface area contributed by atoms with E-state index in [9.17, 15) is 14.5 Å². The van der Waals surface area contributed by atoms with Crippen LogP contribution in [0.2, 0.25) is 0 Å². The zero-order valence-electron chi connectivity index (χ0n) is 15.0. The maximum absolute atomic E-state index is 13.3. The van der Waals surface area contributed by atoms with Crippen molar-refractivity contribution >= 4 is 13.3 Å². The summed E-state index contributed by atoms with van der Waals surface area (Å²) in [6, 6.07) is 0. The van der Waals surface area contributed by atoms with E-state index in [1.807, 2.05) is 13.0 Å². The third kappa shape index (κ3) is 6.37. The zero-order valence-corrected chi connectivity index (χ0v) is 15.9. The van der Waals surface area contributed by atoms with Crippen LogP contribution in [0.25, 0.3) is 0 Å². The van der Waals surface area contributed by atoms with E-state index in [4.69, 9.17) is 4.52 Å². The fraction of sp³-hybridized carbons (Fsp3) is 0.842. The Kier molecular flexibility index (Phi) is 8.03. The summed E-state index contributed by atoms with van der Waals surface area (Å²) in [7, 11) is -2.91. The van der Waals surface area contributed by atoms with Gasteiger partial charge in [0.05, 0.1) is 12.8 Å². The molecule has 1 atom stereocenters. The predicted octanol–water partition coefficient (Wildman–Crippen LogP) is 5.47. The molecule has 2 aliphatic carbocycles. The fourth-order valence-corrected chi connectivity index (χ4v) is 6.91. The van der Waals surface area contributed by atoms with Gasteiger partial charge in [0.25, 0.3) is 0 Å². The summed E-state index contributed by atoms with van der Waals surface area (Å²) in [6.07, 6.45) is 14.1. The maximum atomic E-state index is 13.3. The highest BCUT2D eigenvalue weighted by Crippen LogP contribution is 2.52. The quantitative estimate of drug-likeness (QED) is 0.462. The van der Waals surface area contributed by atoms with Gasteiger partial charge in [0, 0.05) is 11.7 Å². The molecule has 2 fully saturated rings. The number of rotatable bonds is 8. The number of aliphatic carboxylic acids is 1. The third-order valence-electron chi connectivity index (χ3n) is 5.40. The summed E-state index contributed by atoms with van der Waals surface area (Å²) >= 11 is 0. The number of carboxylic acid groups (broad SMARTS) is 1. The molecule has 0 aliphatic heterocycles. The second-order valence-corrected chi connectivity index (χ2v) is 10.0. The first-order valence-electron chi connectivity index (χ1n) is 9.69. The summed E-state index contributed by atoms with van der Waals surface area (Å²) in [5.41, 5.74) is 0.314. The van der Waals surface area contributed by atoms with Crippen molar-refractivity contribution in [3.63, 3.8) is 0 Å². The molecule has 0 aromatic rings. The maximum Gasteiger partial charge on any atom is 0.331 e. The van der Waals surface area contributed by atoms with Gasteiger partial charge in [0.15, 0.2) is 0 Å². The summed E-state index contributed by atoms with van der Waals surface area (Å²) in [4.78, 5) is 11.7. The van der Waals surface area contributed by atoms with Gasteiger partial charge < -0.3 is 9.63 Å². The van der Waals surface area contributed by atoms with Crippen LogP contribution in [0.4, 0.5) is 0 Å². The average Bonchev–Trinajstić information content (AvgIpc) is 2.56. The molecule has 0 amide bonds. The van der Waals surface area contributed by atoms with Gasteiger partial charge >= 0.3 is 5.97 Å². The van der Waals surface area contributed by atoms with Gasteiger partial charge in [-0.15, -0.1) is 0 Å². The van der Waals surface area contributed by atoms with E-state index in [-0.39, 0.29) is 6.16 Å². The summed E-state index contributed by atoms with van der Waals surface area (Å²) < 4.78 is 19.0. The second kappa shape index (κ2) is 9.77. The summed E-state index contributed by atoms with van der Waals surface area (Å²) in [6.45, 7) is 2.24. The number of carbonyl (C=O) groups is 1. The van der Waals surface area contributed by atoms with E-state index in [1.54, 1.807) is 0 Å². The summed E-state index contributed by atoms with van der Waals surface area (Å²) in [5.74, 6) is -0.167. The molecule has 0 aromatic carbocycles. The number of carboxylic acids is 1. The minimum atomic E-state index is -2.91. The van der Waals surface area contributed by atoms with Crippen LogP contribution < -0.4 is 0 Å². The van der Waals surface area contributed by atoms with Crippen molar-refractivity contribution in [3.8, 4) is 0 Å². The average molecular weight is 356 g/mol. The highest BCUT2D eigenvalue weighted by atomic mass is 31.2. The molecule has 2 saturated carbocycles. The molecule has 2 rings (SSSR count). The number of allylic oxidation sites excluding steroid dienone is 1. The Hall–Kier alpha value is -0.600. The Morgan fingerprint density at radius 1 is 1.08 bits per heavy atom. The first-order valence-corrected chi connectivity index (χ1v) is 11.7. The fourth-order valence-electron chi connectivity index (χ4n) is 4.20. The van der Waals surface area contributed by atoms with Gasteiger partial charge in [0.2, 0.25) is 7.37 Å². The molecular formula is C19H33O4P. The van der Waals surface area contributed by atoms with Crippen molar-refractivity contribution in [1.82, 2.24) is 0 Å². The summed E-state index contributed by atoms with van der Waals surface area (Å²) in [5, 5.41) is 9.60. The Balaban J connectivity index is 2.07. The molecule has 2 aliphatic rings. The van der Waals surface area contributed by atoms with Gasteiger partial charge in [0.1, 0.15) is 0 Å². The lowest BCUT2D eigenvalue weighted by atomic mass is 9.88. The van der Waals surface area contributed by atoms with Crippen molar-refractivity contribution in [3.05, 3.63) is 11.6 Å². The molecule has 0 aromatic heterocycles. The van der Waals surface area contributed by atoms with E-state index < -0.39 is 13.3 Å². The van der Waals surface area contributed by atoms with Gasteiger partial charge in [-0.3, -0.25) is 4.57 Å². The molecule has 24 heavy (non-hydrogen) atoms. The van der Waals surface area contributed by atoms with Crippen molar-refractivity contribution in [2.45, 2.75) is 71.1 Å². The Bertz CT molecular complexity index is 474. The SMILES string of the molecule is CCOP(=O)(C/C(=C\C1CCCCC1)C(=O)O)CC1CCCCC1. The standard InChI is InChI=1S/C19H33O4P/c1-2-23-24(22,14-17-11-7-4-8-12-17)15-18(19(20)21)13-16-9-5-3-6-10-16/h13,16-17H,2-12,14-15H2,1H3,(H,20,21)/b18-13+. The molecule has 0 spiro atoms. The van der Waals surface area contributed by atoms with E-state index in [0.717, 1.165) is 25.7 Å². The lowest BCUT2D eigenvalue weighted by Crippen LogP contribution is -2.17. The first-order chi connectivity index (χ1) is 11.5. The van der Waals surface area contributed by atoms with Crippen LogP contribution in [0.3, 0.4) is 0 Å². The minimum Gasteiger partial charge on any atom is -0.478 e. The van der Waals surface area contributed by atoms with Crippen LogP contribution in [0.5, 0.6) is 0 Å². The van der Waals surface area contributed by atoms with Crippen LogP contribution in [-0.2, 0) is 13.9 Å². The highest BCUT2D eigenvalue weighted by Gasteiger charge is 2.31. The molecule has 1 N–H and O–H groups in total. The van der Waals surface area contributed by atoms with Gasteiger partial charge in [-0.1, -0.05) is 44.6 Å². The van der Waals surface area contributed by atoms with Crippen LogP contribution in [0.1, 0.15) is 71.1 Å². The number of hydrogen-bond acceptors (Lipinski definition) is 3. The zero-order chi connectivity index (χ0) is 17.4. The predicted molar refractivity (Wildman–Crippen MR) is 97.8 cm³/mol. The normalized spacial score (nSPS) is 23.8. The Morgan fingerprint density at radius 3 is 2.21 bits per heavy atom. The van der Waals surface area contributed by atoms with Gasteiger partial charge in [-0.05, 0) is 44.4 Å². The third-order valence-corrected chi connectivity index (χ3v) is 8.02. The molecular weight excluding hydrogens is 323 g/mol. The first kappa shape index (κ1) is 19.7. The van der Waals surface area contributed by atoms with Gasteiger partial charge in [-0.2, -0.15) is 0 Å². The van der Waals surface area contributed by atoms with Crippen molar-refractivity contribution in [1.29, 1.82) is 0 Å². The molecule has 1 unspecified atom stereocenters. The van der Waals surface area contributed by atoms with Crippen LogP contribution >= 0.6 is 7.37 Å². The highest BCUT2D eigenvalue weighted by molar-refractivity contribution is 7.59. The van der Waals surface area contributed by atoms with Crippen LogP contribution in [-0.4, -0.2) is 30.0 Å². The smallest absolute Gasteiger partial charge is 0.331 e. The Labute approximate surface area is 146 Å². The molecule has 0 saturated heterocycles. The lowest BCUT2D eigenvalue weighted by Gasteiger charge is -2.27. The lowest BCUT2D eigenvalue weighted by molar-refractivity contribution is -0.132. The van der Waals surface area contributed by atoms with E-state index in [1.165, 1.54) is 38.5 Å². The van der Waals surface area contributed by atoms with Crippen LogP contribution in [0.15, 0.2) is 11.6 Å². The minimum absolute atomic E-state index is 0.100. The molecule has 0 heterocycles. The molecule has 5 heteroatoms.